The number of piperidine rings is 1. The number of β-amino-alcohol motifs (C(OH)–C–C–N with tert-alkyl or cyclic N) is 1. The molecular weight excluding hydrogens is 1060 g/mol. The van der Waals surface area contributed by atoms with Crippen LogP contribution in [-0.4, -0.2) is 181 Å². The summed E-state index contributed by atoms with van der Waals surface area (Å²) in [4.78, 5) is 80.3. The quantitative estimate of drug-likeness (QED) is 0.0575. The smallest absolute Gasteiger partial charge is 0.248 e. The molecule has 3 aliphatic heterocycles. The van der Waals surface area contributed by atoms with Gasteiger partial charge in [-0.25, -0.2) is 23.4 Å². The molecule has 1 unspecified atom stereocenters. The van der Waals surface area contributed by atoms with E-state index in [0.29, 0.717) is 36.3 Å². The van der Waals surface area contributed by atoms with E-state index in [2.05, 4.69) is 51.0 Å². The summed E-state index contributed by atoms with van der Waals surface area (Å²) in [5.74, 6) is -0.465. The summed E-state index contributed by atoms with van der Waals surface area (Å²) in [7, 11) is -1.96. The molecule has 0 aliphatic carbocycles. The minimum Gasteiger partial charge on any atom is -0.494 e. The van der Waals surface area contributed by atoms with Gasteiger partial charge in [-0.15, -0.1) is 11.3 Å². The summed E-state index contributed by atoms with van der Waals surface area (Å²) < 4.78 is 43.0. The molecule has 5 N–H and O–H groups in total. The number of aliphatic hydroxyl groups is 1. The lowest BCUT2D eigenvalue weighted by Crippen LogP contribution is -2.58. The number of methoxy groups -OCH3 is 1. The zero-order chi connectivity index (χ0) is 57.1. The molecule has 8 rings (SSSR count). The number of rotatable bonds is 22. The molecule has 80 heavy (non-hydrogen) atoms. The van der Waals surface area contributed by atoms with Crippen LogP contribution in [0.1, 0.15) is 65.1 Å². The van der Waals surface area contributed by atoms with Crippen molar-refractivity contribution in [2.75, 3.05) is 94.9 Å². The van der Waals surface area contributed by atoms with Crippen molar-refractivity contribution >= 4 is 73.8 Å². The molecule has 3 fully saturated rings. The van der Waals surface area contributed by atoms with Crippen molar-refractivity contribution in [2.45, 2.75) is 102 Å². The van der Waals surface area contributed by atoms with Gasteiger partial charge in [-0.3, -0.25) is 24.1 Å². The Bertz CT molecular complexity index is 3050. The second-order valence-electron chi connectivity index (χ2n) is 21.5. The lowest BCUT2D eigenvalue weighted by molar-refractivity contribution is -0.144. The van der Waals surface area contributed by atoms with Gasteiger partial charge < -0.3 is 55.3 Å². The number of piperazine rings is 1. The van der Waals surface area contributed by atoms with Gasteiger partial charge in [0.15, 0.2) is 9.84 Å². The maximum atomic E-state index is 14.0. The van der Waals surface area contributed by atoms with Gasteiger partial charge in [-0.05, 0) is 74.4 Å². The van der Waals surface area contributed by atoms with Crippen LogP contribution in [0.25, 0.3) is 10.4 Å². The molecule has 5 aromatic rings. The first-order valence-corrected chi connectivity index (χ1v) is 29.4. The number of hydrogen-bond acceptors (Lipinski definition) is 19. The van der Waals surface area contributed by atoms with Crippen LogP contribution in [0, 0.1) is 12.3 Å². The predicted molar refractivity (Wildman–Crippen MR) is 305 cm³/mol. The first-order valence-electron chi connectivity index (χ1n) is 27.0. The number of hydrogen-bond donors (Lipinski definition) is 5. The van der Waals surface area contributed by atoms with E-state index in [9.17, 15) is 32.7 Å². The number of aromatic nitrogens is 4. The number of amides is 4. The van der Waals surface area contributed by atoms with Crippen molar-refractivity contribution in [1.82, 2.24) is 45.3 Å². The summed E-state index contributed by atoms with van der Waals surface area (Å²) in [5, 5.41) is 22.0. The number of aryl methyl sites for hydroxylation is 1. The number of para-hydroxylation sites is 1. The number of thiazole rings is 1. The first kappa shape index (κ1) is 59.3. The van der Waals surface area contributed by atoms with Crippen molar-refractivity contribution in [3.63, 3.8) is 0 Å². The third-order valence-corrected chi connectivity index (χ3v) is 17.8. The van der Waals surface area contributed by atoms with Gasteiger partial charge >= 0.3 is 0 Å². The Labute approximate surface area is 471 Å². The normalized spacial score (nSPS) is 17.8. The maximum absolute atomic E-state index is 14.0. The average molecular weight is 1140 g/mol. The fourth-order valence-corrected chi connectivity index (χ4v) is 12.1. The van der Waals surface area contributed by atoms with E-state index in [0.717, 1.165) is 66.4 Å². The Morgan fingerprint density at radius 3 is 2.17 bits per heavy atom. The van der Waals surface area contributed by atoms with Crippen LogP contribution in [0.15, 0.2) is 83.5 Å². The molecule has 3 atom stereocenters. The lowest BCUT2D eigenvalue weighted by atomic mass is 9.85. The highest BCUT2D eigenvalue weighted by Gasteiger charge is 2.44. The monoisotopic (exact) mass is 1140 g/mol. The summed E-state index contributed by atoms with van der Waals surface area (Å²) in [6, 6.07) is 18.9. The number of carbonyl (C=O) groups excluding carboxylic acids is 4. The molecule has 0 spiro atoms. The summed E-state index contributed by atoms with van der Waals surface area (Å²) in [5.41, 5.74) is 5.99. The molecule has 2 aromatic heterocycles. The van der Waals surface area contributed by atoms with Crippen molar-refractivity contribution < 1.29 is 46.9 Å². The first-order chi connectivity index (χ1) is 38.3. The van der Waals surface area contributed by atoms with Crippen molar-refractivity contribution in [2.24, 2.45) is 5.41 Å². The van der Waals surface area contributed by atoms with E-state index in [1.165, 1.54) is 11.2 Å². The maximum Gasteiger partial charge on any atom is 0.248 e. The van der Waals surface area contributed by atoms with Crippen molar-refractivity contribution in [1.29, 1.82) is 0 Å². The van der Waals surface area contributed by atoms with Crippen LogP contribution in [0.4, 0.5) is 29.0 Å². The molecule has 3 aliphatic rings. The number of carbonyl (C=O) groups is 4. The number of benzene rings is 3. The van der Waals surface area contributed by atoms with Crippen molar-refractivity contribution in [3.05, 3.63) is 89.8 Å². The van der Waals surface area contributed by atoms with Crippen molar-refractivity contribution in [3.8, 4) is 16.2 Å². The molecule has 4 amide bonds. The highest BCUT2D eigenvalue weighted by molar-refractivity contribution is 7.92. The fraction of sp³-hybridized carbons (Fsp3) is 0.500. The number of ether oxygens (including phenoxy) is 3. The number of sulfone groups is 1. The highest BCUT2D eigenvalue weighted by atomic mass is 32.2. The molecule has 22 nitrogen and oxygen atoms in total. The molecule has 5 heterocycles. The zero-order valence-corrected chi connectivity index (χ0v) is 48.1. The number of aliphatic hydroxyl groups excluding tert-OH is 1. The molecule has 3 saturated heterocycles. The van der Waals surface area contributed by atoms with E-state index in [-0.39, 0.29) is 74.5 Å². The molecule has 430 valence electrons. The average Bonchev–Trinajstić information content (AvgIpc) is 4.07. The van der Waals surface area contributed by atoms with Gasteiger partial charge in [-0.2, -0.15) is 4.98 Å². The van der Waals surface area contributed by atoms with E-state index in [1.54, 1.807) is 62.1 Å². The highest BCUT2D eigenvalue weighted by Crippen LogP contribution is 2.35. The minimum atomic E-state index is -3.56. The molecule has 0 radical (unpaired) electrons. The number of nitrogens with one attached hydrogen (secondary N) is 4. The van der Waals surface area contributed by atoms with Crippen LogP contribution in [-0.2, 0) is 45.0 Å². The van der Waals surface area contributed by atoms with E-state index in [4.69, 9.17) is 14.2 Å². The van der Waals surface area contributed by atoms with Gasteiger partial charge in [0, 0.05) is 76.6 Å². The molecule has 3 aromatic carbocycles. The standard InChI is InChI=1S/C56H74N12O10S2/c1-36(2)80(74,75)47-11-9-8-10-44(47)62-55-59-34-58-54(64-55)61-43-17-16-41(28-46(43)76-7)65-20-18-40(19-21-65)66-22-24-67(25-23-66)49(71)33-78-27-26-77-32-48(70)63-51(56(4,5)6)53(73)68-31-42(69)29-45(68)52(72)57-30-38-12-14-39(15-13-38)50-37(3)60-35-79-50/h8-17,28,34-36,40,42,45,51,69H,18-27,29-33H2,1-7H3,(H,57,72)(H,63,70)(H2,58,59,61,62,64)/t42-,45+,51?/m1/s1. The van der Waals surface area contributed by atoms with Gasteiger partial charge in [0.1, 0.15) is 37.4 Å². The summed E-state index contributed by atoms with van der Waals surface area (Å²) in [6.07, 6.45) is 2.44. The lowest BCUT2D eigenvalue weighted by Gasteiger charge is -2.43. The Balaban J connectivity index is 0.716. The molecule has 0 bridgehead atoms. The van der Waals surface area contributed by atoms with Gasteiger partial charge in [0.2, 0.25) is 35.5 Å². The van der Waals surface area contributed by atoms with Crippen LogP contribution >= 0.6 is 11.3 Å². The van der Waals surface area contributed by atoms with Crippen LogP contribution in [0.3, 0.4) is 0 Å². The summed E-state index contributed by atoms with van der Waals surface area (Å²) >= 11 is 1.56. The fourth-order valence-electron chi connectivity index (χ4n) is 10.1. The Kier molecular flexibility index (Phi) is 19.7. The Morgan fingerprint density at radius 1 is 0.850 bits per heavy atom. The van der Waals surface area contributed by atoms with Crippen LogP contribution < -0.4 is 30.9 Å². The second-order valence-corrected chi connectivity index (χ2v) is 24.9. The number of anilines is 5. The minimum absolute atomic E-state index is 0.0386. The van der Waals surface area contributed by atoms with Gasteiger partial charge in [0.05, 0.1) is 64.0 Å². The molecule has 0 saturated carbocycles. The third kappa shape index (κ3) is 14.9. The molecular formula is C56H74N12O10S2. The Morgan fingerprint density at radius 2 is 1.52 bits per heavy atom. The number of likely N-dealkylation sites (tertiary alicyclic amines) is 1. The third-order valence-electron chi connectivity index (χ3n) is 14.6. The topological polar surface area (TPSA) is 263 Å². The van der Waals surface area contributed by atoms with E-state index in [1.807, 2.05) is 75.1 Å². The zero-order valence-electron chi connectivity index (χ0n) is 46.5. The SMILES string of the molecule is COc1cc(N2CCC(N3CCN(C(=O)COCCOCC(=O)NC(C(=O)N4C[C@H](O)C[C@H]4C(=O)NCc4ccc(-c5scnc5C)cc4)C(C)(C)C)CC3)CC2)ccc1Nc1ncnc(Nc2ccccc2S(=O)(=O)C(C)C)n1. The van der Waals surface area contributed by atoms with E-state index < -0.39 is 50.5 Å². The molecule has 24 heteroatoms. The Hall–Kier alpha value is -6.83. The second kappa shape index (κ2) is 26.6. The largest absolute Gasteiger partial charge is 0.494 e. The van der Waals surface area contributed by atoms with Gasteiger partial charge in [0.25, 0.3) is 0 Å². The van der Waals surface area contributed by atoms with Crippen LogP contribution in [0.2, 0.25) is 0 Å². The summed E-state index contributed by atoms with van der Waals surface area (Å²) in [6.45, 7) is 15.0. The van der Waals surface area contributed by atoms with E-state index >= 15 is 0 Å². The number of nitrogens with zero attached hydrogens (tertiary/aromatic N) is 8. The predicted octanol–water partition coefficient (Wildman–Crippen LogP) is 4.94. The van der Waals surface area contributed by atoms with Gasteiger partial charge in [-0.1, -0.05) is 57.2 Å². The van der Waals surface area contributed by atoms with Crippen LogP contribution in [0.5, 0.6) is 5.75 Å².